The largest absolute Gasteiger partial charge is 0.405 e. The minimum atomic E-state index is -4.41. The first-order valence-corrected chi connectivity index (χ1v) is 6.99. The molecule has 0 spiro atoms. The topological polar surface area (TPSA) is 32.3 Å². The Hall–Kier alpha value is -2.00. The van der Waals surface area contributed by atoms with Gasteiger partial charge in [-0.3, -0.25) is 9.69 Å². The van der Waals surface area contributed by atoms with E-state index in [2.05, 4.69) is 5.92 Å². The number of rotatable bonds is 5. The van der Waals surface area contributed by atoms with Crippen LogP contribution in [-0.4, -0.2) is 36.6 Å². The fraction of sp³-hybridized carbons (Fsp3) is 0.438. The monoisotopic (exact) mass is 310 g/mol. The van der Waals surface area contributed by atoms with E-state index in [0.29, 0.717) is 0 Å². The highest BCUT2D eigenvalue weighted by molar-refractivity contribution is 5.78. The van der Waals surface area contributed by atoms with Crippen molar-refractivity contribution in [3.05, 3.63) is 35.4 Å². The molecule has 0 radical (unpaired) electrons. The molecule has 1 aliphatic rings. The van der Waals surface area contributed by atoms with Crippen LogP contribution in [0.3, 0.4) is 0 Å². The fourth-order valence-electron chi connectivity index (χ4n) is 2.75. The van der Waals surface area contributed by atoms with Gasteiger partial charge in [-0.2, -0.15) is 13.2 Å². The molecule has 1 aliphatic carbocycles. The van der Waals surface area contributed by atoms with E-state index in [1.165, 1.54) is 5.56 Å². The number of carbonyl (C=O) groups excluding carboxylic acids is 1. The van der Waals surface area contributed by atoms with Crippen LogP contribution < -0.4 is 5.32 Å². The molecule has 0 heterocycles. The second kappa shape index (κ2) is 6.84. The Labute approximate surface area is 127 Å². The number of benzene rings is 1. The van der Waals surface area contributed by atoms with Crippen LogP contribution in [0.1, 0.15) is 23.6 Å². The number of aryl methyl sites for hydroxylation is 1. The van der Waals surface area contributed by atoms with Crippen molar-refractivity contribution in [1.82, 2.24) is 10.2 Å². The number of terminal acetylenes is 1. The summed E-state index contributed by atoms with van der Waals surface area (Å²) < 4.78 is 36.4. The van der Waals surface area contributed by atoms with Crippen LogP contribution in [0.15, 0.2) is 24.3 Å². The highest BCUT2D eigenvalue weighted by Crippen LogP contribution is 2.35. The molecule has 0 saturated carbocycles. The van der Waals surface area contributed by atoms with Crippen LogP contribution in [-0.2, 0) is 11.2 Å². The molecule has 1 unspecified atom stereocenters. The van der Waals surface area contributed by atoms with Crippen LogP contribution in [0.2, 0.25) is 0 Å². The summed E-state index contributed by atoms with van der Waals surface area (Å²) in [5.74, 6) is 1.81. The van der Waals surface area contributed by atoms with Crippen LogP contribution in [0.25, 0.3) is 0 Å². The summed E-state index contributed by atoms with van der Waals surface area (Å²) in [6.45, 7) is -1.24. The number of fused-ring (bicyclic) bond motifs is 1. The zero-order valence-corrected chi connectivity index (χ0v) is 12.0. The molecule has 118 valence electrons. The summed E-state index contributed by atoms with van der Waals surface area (Å²) in [5.41, 5.74) is 2.30. The summed E-state index contributed by atoms with van der Waals surface area (Å²) in [4.78, 5) is 13.5. The molecule has 1 aromatic carbocycles. The van der Waals surface area contributed by atoms with Crippen molar-refractivity contribution in [2.75, 3.05) is 19.6 Å². The number of carbonyl (C=O) groups is 1. The molecule has 0 fully saturated rings. The molecular weight excluding hydrogens is 293 g/mol. The zero-order valence-electron chi connectivity index (χ0n) is 12.0. The van der Waals surface area contributed by atoms with Crippen molar-refractivity contribution >= 4 is 5.91 Å². The second-order valence-corrected chi connectivity index (χ2v) is 5.25. The minimum Gasteiger partial charge on any atom is -0.346 e. The van der Waals surface area contributed by atoms with Gasteiger partial charge in [0.15, 0.2) is 0 Å². The number of alkyl halides is 3. The van der Waals surface area contributed by atoms with Gasteiger partial charge in [0.2, 0.25) is 5.91 Å². The van der Waals surface area contributed by atoms with E-state index in [-0.39, 0.29) is 19.1 Å². The number of hydrogen-bond donors (Lipinski definition) is 1. The van der Waals surface area contributed by atoms with E-state index < -0.39 is 18.6 Å². The molecule has 1 aromatic rings. The molecule has 1 amide bonds. The molecule has 1 N–H and O–H groups in total. The SMILES string of the molecule is C#CCN(CC(=O)NCC(F)(F)F)C1CCc2ccccc21. The predicted octanol–water partition coefficient (Wildman–Crippen LogP) is 2.29. The normalized spacial score (nSPS) is 17.1. The standard InChI is InChI=1S/C16H17F3N2O/c1-2-9-21(10-15(22)20-11-16(17,18)19)14-8-7-12-5-3-4-6-13(12)14/h1,3-6,14H,7-11H2,(H,20,22). The van der Waals surface area contributed by atoms with E-state index in [9.17, 15) is 18.0 Å². The molecule has 22 heavy (non-hydrogen) atoms. The average molecular weight is 310 g/mol. The molecule has 0 aromatic heterocycles. The summed E-state index contributed by atoms with van der Waals surface area (Å²) in [6.07, 6.45) is 2.62. The van der Waals surface area contributed by atoms with Gasteiger partial charge >= 0.3 is 6.18 Å². The number of halogens is 3. The third kappa shape index (κ3) is 4.25. The quantitative estimate of drug-likeness (QED) is 0.846. The molecular formula is C16H17F3N2O. The van der Waals surface area contributed by atoms with E-state index in [4.69, 9.17) is 6.42 Å². The van der Waals surface area contributed by atoms with Crippen LogP contribution in [0.5, 0.6) is 0 Å². The van der Waals surface area contributed by atoms with Crippen LogP contribution in [0, 0.1) is 12.3 Å². The number of amides is 1. The van der Waals surface area contributed by atoms with Gasteiger partial charge < -0.3 is 5.32 Å². The third-order valence-electron chi connectivity index (χ3n) is 3.67. The van der Waals surface area contributed by atoms with Gasteiger partial charge in [-0.1, -0.05) is 30.2 Å². The van der Waals surface area contributed by atoms with Gasteiger partial charge in [0.25, 0.3) is 0 Å². The van der Waals surface area contributed by atoms with Crippen molar-refractivity contribution in [3.8, 4) is 12.3 Å². The molecule has 0 bridgehead atoms. The van der Waals surface area contributed by atoms with Gasteiger partial charge in [0.05, 0.1) is 13.1 Å². The zero-order chi connectivity index (χ0) is 16.2. The van der Waals surface area contributed by atoms with Crippen LogP contribution in [0.4, 0.5) is 13.2 Å². The maximum atomic E-state index is 12.1. The Bertz CT molecular complexity index is 577. The van der Waals surface area contributed by atoms with Crippen molar-refractivity contribution in [1.29, 1.82) is 0 Å². The van der Waals surface area contributed by atoms with E-state index in [1.54, 1.807) is 4.90 Å². The van der Waals surface area contributed by atoms with Gasteiger partial charge in [0, 0.05) is 6.04 Å². The first kappa shape index (κ1) is 16.4. The van der Waals surface area contributed by atoms with E-state index >= 15 is 0 Å². The van der Waals surface area contributed by atoms with Crippen molar-refractivity contribution in [2.24, 2.45) is 0 Å². The Morgan fingerprint density at radius 2 is 2.14 bits per heavy atom. The van der Waals surface area contributed by atoms with Crippen LogP contribution >= 0.6 is 0 Å². The summed E-state index contributed by atoms with van der Waals surface area (Å²) in [5, 5.41) is 1.88. The van der Waals surface area contributed by atoms with Gasteiger partial charge in [-0.05, 0) is 24.0 Å². The summed E-state index contributed by atoms with van der Waals surface area (Å²) >= 11 is 0. The highest BCUT2D eigenvalue weighted by atomic mass is 19.4. The molecule has 3 nitrogen and oxygen atoms in total. The smallest absolute Gasteiger partial charge is 0.346 e. The Kier molecular flexibility index (Phi) is 5.09. The molecule has 0 saturated heterocycles. The van der Waals surface area contributed by atoms with Crippen molar-refractivity contribution in [3.63, 3.8) is 0 Å². The lowest BCUT2D eigenvalue weighted by Crippen LogP contribution is -2.42. The highest BCUT2D eigenvalue weighted by Gasteiger charge is 2.30. The maximum absolute atomic E-state index is 12.1. The predicted molar refractivity (Wildman–Crippen MR) is 77.0 cm³/mol. The second-order valence-electron chi connectivity index (χ2n) is 5.25. The fourth-order valence-corrected chi connectivity index (χ4v) is 2.75. The number of nitrogens with zero attached hydrogens (tertiary/aromatic N) is 1. The lowest BCUT2D eigenvalue weighted by Gasteiger charge is -2.27. The lowest BCUT2D eigenvalue weighted by molar-refractivity contribution is -0.139. The average Bonchev–Trinajstić information content (AvgIpc) is 2.88. The first-order chi connectivity index (χ1) is 10.4. The molecule has 6 heteroatoms. The van der Waals surface area contributed by atoms with Gasteiger partial charge in [-0.15, -0.1) is 6.42 Å². The lowest BCUT2D eigenvalue weighted by atomic mass is 10.1. The van der Waals surface area contributed by atoms with Crippen molar-refractivity contribution in [2.45, 2.75) is 25.1 Å². The minimum absolute atomic E-state index is 0.0242. The number of hydrogen-bond acceptors (Lipinski definition) is 2. The third-order valence-corrected chi connectivity index (χ3v) is 3.67. The maximum Gasteiger partial charge on any atom is 0.405 e. The summed E-state index contributed by atoms with van der Waals surface area (Å²) in [6, 6.07) is 7.83. The van der Waals surface area contributed by atoms with Gasteiger partial charge in [-0.25, -0.2) is 0 Å². The number of nitrogens with one attached hydrogen (secondary N) is 1. The van der Waals surface area contributed by atoms with E-state index in [1.807, 2.05) is 29.6 Å². The first-order valence-electron chi connectivity index (χ1n) is 6.99. The molecule has 0 aliphatic heterocycles. The Balaban J connectivity index is 2.02. The van der Waals surface area contributed by atoms with Crippen molar-refractivity contribution < 1.29 is 18.0 Å². The Morgan fingerprint density at radius 3 is 2.82 bits per heavy atom. The van der Waals surface area contributed by atoms with E-state index in [0.717, 1.165) is 18.4 Å². The molecule has 1 atom stereocenters. The van der Waals surface area contributed by atoms with Gasteiger partial charge in [0.1, 0.15) is 6.54 Å². The summed E-state index contributed by atoms with van der Waals surface area (Å²) in [7, 11) is 0. The Morgan fingerprint density at radius 1 is 1.41 bits per heavy atom. The molecule has 2 rings (SSSR count).